The first-order chi connectivity index (χ1) is 9.13. The summed E-state index contributed by atoms with van der Waals surface area (Å²) in [7, 11) is 3.56. The van der Waals surface area contributed by atoms with Gasteiger partial charge in [0.15, 0.2) is 5.96 Å². The molecule has 5 nitrogen and oxygen atoms in total. The summed E-state index contributed by atoms with van der Waals surface area (Å²) >= 11 is 0. The molecule has 2 aliphatic rings. The first kappa shape index (κ1) is 14.2. The number of guanidine groups is 1. The molecular weight excluding hydrogens is 240 g/mol. The second-order valence-electron chi connectivity index (χ2n) is 5.82. The highest BCUT2D eigenvalue weighted by Crippen LogP contribution is 2.29. The molecular formula is C14H26N4O. The van der Waals surface area contributed by atoms with Crippen molar-refractivity contribution in [3.63, 3.8) is 0 Å². The van der Waals surface area contributed by atoms with Crippen molar-refractivity contribution in [2.75, 3.05) is 27.2 Å². The maximum atomic E-state index is 11.4. The maximum Gasteiger partial charge on any atom is 0.220 e. The fourth-order valence-electron chi connectivity index (χ4n) is 2.70. The van der Waals surface area contributed by atoms with Gasteiger partial charge in [0.25, 0.3) is 0 Å². The molecule has 0 spiro atoms. The molecule has 0 aromatic carbocycles. The summed E-state index contributed by atoms with van der Waals surface area (Å²) < 4.78 is 0. The molecule has 108 valence electrons. The van der Waals surface area contributed by atoms with Crippen LogP contribution in [0.3, 0.4) is 0 Å². The van der Waals surface area contributed by atoms with E-state index in [9.17, 15) is 4.79 Å². The molecule has 1 heterocycles. The third kappa shape index (κ3) is 3.85. The minimum absolute atomic E-state index is 0.160. The zero-order chi connectivity index (χ0) is 13.8. The average Bonchev–Trinajstić information content (AvgIpc) is 3.12. The normalized spacial score (nSPS) is 28.2. The Balaban J connectivity index is 1.76. The van der Waals surface area contributed by atoms with Gasteiger partial charge in [0.2, 0.25) is 5.91 Å². The summed E-state index contributed by atoms with van der Waals surface area (Å²) in [6.07, 6.45) is 4.07. The maximum absolute atomic E-state index is 11.4. The standard InChI is InChI=1S/C14H26N4O/c1-10-8-12(10)17-14(16-3)18-6-4-11(5-7-18)9-13(19)15-2/h10-12H,4-9H2,1-3H3,(H,15,19)(H,16,17). The van der Waals surface area contributed by atoms with Crippen molar-refractivity contribution in [3.05, 3.63) is 0 Å². The molecule has 2 N–H and O–H groups in total. The van der Waals surface area contributed by atoms with E-state index in [0.29, 0.717) is 18.4 Å². The number of likely N-dealkylation sites (tertiary alicyclic amines) is 1. The van der Waals surface area contributed by atoms with Gasteiger partial charge in [-0.25, -0.2) is 0 Å². The van der Waals surface area contributed by atoms with Gasteiger partial charge in [-0.15, -0.1) is 0 Å². The van der Waals surface area contributed by atoms with E-state index in [-0.39, 0.29) is 5.91 Å². The van der Waals surface area contributed by atoms with E-state index in [1.165, 1.54) is 6.42 Å². The van der Waals surface area contributed by atoms with Crippen molar-refractivity contribution in [2.45, 2.75) is 38.6 Å². The van der Waals surface area contributed by atoms with E-state index in [2.05, 4.69) is 27.4 Å². The van der Waals surface area contributed by atoms with Crippen LogP contribution in [0.25, 0.3) is 0 Å². The van der Waals surface area contributed by atoms with E-state index in [1.807, 2.05) is 7.05 Å². The number of carbonyl (C=O) groups excluding carboxylic acids is 1. The molecule has 0 aromatic rings. The first-order valence-electron chi connectivity index (χ1n) is 7.33. The van der Waals surface area contributed by atoms with E-state index >= 15 is 0 Å². The zero-order valence-corrected chi connectivity index (χ0v) is 12.3. The lowest BCUT2D eigenvalue weighted by Crippen LogP contribution is -2.46. The molecule has 5 heteroatoms. The van der Waals surface area contributed by atoms with Crippen molar-refractivity contribution in [1.82, 2.24) is 15.5 Å². The molecule has 0 aromatic heterocycles. The number of nitrogens with zero attached hydrogens (tertiary/aromatic N) is 2. The zero-order valence-electron chi connectivity index (χ0n) is 12.3. The fraction of sp³-hybridized carbons (Fsp3) is 0.857. The molecule has 2 rings (SSSR count). The van der Waals surface area contributed by atoms with Crippen molar-refractivity contribution >= 4 is 11.9 Å². The summed E-state index contributed by atoms with van der Waals surface area (Å²) in [6.45, 7) is 4.27. The number of amides is 1. The Kier molecular flexibility index (Phi) is 4.66. The van der Waals surface area contributed by atoms with Crippen molar-refractivity contribution in [3.8, 4) is 0 Å². The van der Waals surface area contributed by atoms with Gasteiger partial charge in [-0.3, -0.25) is 9.79 Å². The molecule has 1 aliphatic carbocycles. The number of hydrogen-bond acceptors (Lipinski definition) is 2. The van der Waals surface area contributed by atoms with Gasteiger partial charge in [-0.1, -0.05) is 6.92 Å². The molecule has 2 unspecified atom stereocenters. The SMILES string of the molecule is CN=C(NC1CC1C)N1CCC(CC(=O)NC)CC1. The van der Waals surface area contributed by atoms with Crippen LogP contribution in [0.4, 0.5) is 0 Å². The van der Waals surface area contributed by atoms with Gasteiger partial charge in [0.1, 0.15) is 0 Å². The molecule has 0 radical (unpaired) electrons. The molecule has 0 bridgehead atoms. The second-order valence-corrected chi connectivity index (χ2v) is 5.82. The summed E-state index contributed by atoms with van der Waals surface area (Å²) in [6, 6.07) is 0.613. The molecule has 2 atom stereocenters. The monoisotopic (exact) mass is 266 g/mol. The number of aliphatic imine (C=N–C) groups is 1. The van der Waals surface area contributed by atoms with Crippen LogP contribution in [-0.4, -0.2) is 50.0 Å². The Hall–Kier alpha value is -1.26. The van der Waals surface area contributed by atoms with Gasteiger partial charge >= 0.3 is 0 Å². The first-order valence-corrected chi connectivity index (χ1v) is 7.33. The lowest BCUT2D eigenvalue weighted by molar-refractivity contribution is -0.121. The third-order valence-corrected chi connectivity index (χ3v) is 4.30. The van der Waals surface area contributed by atoms with E-state index in [1.54, 1.807) is 7.05 Å². The molecule has 1 saturated heterocycles. The number of nitrogens with one attached hydrogen (secondary N) is 2. The summed E-state index contributed by atoms with van der Waals surface area (Å²) in [5.41, 5.74) is 0. The van der Waals surface area contributed by atoms with Crippen molar-refractivity contribution in [1.29, 1.82) is 0 Å². The quantitative estimate of drug-likeness (QED) is 0.587. The van der Waals surface area contributed by atoms with Gasteiger partial charge < -0.3 is 15.5 Å². The van der Waals surface area contributed by atoms with Crippen molar-refractivity contribution in [2.24, 2.45) is 16.8 Å². The van der Waals surface area contributed by atoms with Gasteiger partial charge in [0.05, 0.1) is 0 Å². The fourth-order valence-corrected chi connectivity index (χ4v) is 2.70. The Morgan fingerprint density at radius 2 is 2.00 bits per heavy atom. The van der Waals surface area contributed by atoms with E-state index in [0.717, 1.165) is 37.8 Å². The van der Waals surface area contributed by atoms with Gasteiger partial charge in [0, 0.05) is 39.6 Å². The van der Waals surface area contributed by atoms with Crippen LogP contribution in [0.5, 0.6) is 0 Å². The topological polar surface area (TPSA) is 56.7 Å². The van der Waals surface area contributed by atoms with E-state index < -0.39 is 0 Å². The number of rotatable bonds is 3. The van der Waals surface area contributed by atoms with Crippen molar-refractivity contribution < 1.29 is 4.79 Å². The Labute approximate surface area is 115 Å². The number of carbonyl (C=O) groups is 1. The lowest BCUT2D eigenvalue weighted by atomic mass is 9.93. The summed E-state index contributed by atoms with van der Waals surface area (Å²) in [5, 5.41) is 6.23. The lowest BCUT2D eigenvalue weighted by Gasteiger charge is -2.34. The number of piperidine rings is 1. The van der Waals surface area contributed by atoms with Crippen LogP contribution in [0.2, 0.25) is 0 Å². The smallest absolute Gasteiger partial charge is 0.220 e. The predicted molar refractivity (Wildman–Crippen MR) is 77.0 cm³/mol. The largest absolute Gasteiger partial charge is 0.359 e. The molecule has 2 fully saturated rings. The Morgan fingerprint density at radius 3 is 2.47 bits per heavy atom. The third-order valence-electron chi connectivity index (χ3n) is 4.30. The molecule has 1 saturated carbocycles. The van der Waals surface area contributed by atoms with Crippen LogP contribution < -0.4 is 10.6 Å². The minimum atomic E-state index is 0.160. The molecule has 19 heavy (non-hydrogen) atoms. The highest BCUT2D eigenvalue weighted by atomic mass is 16.1. The predicted octanol–water partition coefficient (Wildman–Crippen LogP) is 0.818. The highest BCUT2D eigenvalue weighted by Gasteiger charge is 2.34. The van der Waals surface area contributed by atoms with Crippen LogP contribution >= 0.6 is 0 Å². The average molecular weight is 266 g/mol. The van der Waals surface area contributed by atoms with Crippen LogP contribution in [0, 0.1) is 11.8 Å². The molecule has 1 amide bonds. The van der Waals surface area contributed by atoms with Crippen LogP contribution in [0.1, 0.15) is 32.6 Å². The summed E-state index contributed by atoms with van der Waals surface area (Å²) in [4.78, 5) is 18.1. The highest BCUT2D eigenvalue weighted by molar-refractivity contribution is 5.80. The van der Waals surface area contributed by atoms with Gasteiger partial charge in [-0.2, -0.15) is 0 Å². The molecule has 1 aliphatic heterocycles. The number of hydrogen-bond donors (Lipinski definition) is 2. The summed E-state index contributed by atoms with van der Waals surface area (Å²) in [5.74, 6) is 2.50. The second kappa shape index (κ2) is 6.26. The van der Waals surface area contributed by atoms with Crippen LogP contribution in [-0.2, 0) is 4.79 Å². The minimum Gasteiger partial charge on any atom is -0.359 e. The van der Waals surface area contributed by atoms with E-state index in [4.69, 9.17) is 0 Å². The Bertz CT molecular complexity index is 347. The van der Waals surface area contributed by atoms with Gasteiger partial charge in [-0.05, 0) is 31.1 Å². The Morgan fingerprint density at radius 1 is 1.37 bits per heavy atom. The van der Waals surface area contributed by atoms with Crippen LogP contribution in [0.15, 0.2) is 4.99 Å².